The van der Waals surface area contributed by atoms with Crippen molar-refractivity contribution in [2.75, 3.05) is 32.1 Å². The van der Waals surface area contributed by atoms with Crippen LogP contribution in [-0.4, -0.2) is 55.7 Å². The van der Waals surface area contributed by atoms with Gasteiger partial charge in [-0.1, -0.05) is 0 Å². The molecule has 2 amide bonds. The van der Waals surface area contributed by atoms with Gasteiger partial charge in [-0.3, -0.25) is 4.79 Å². The van der Waals surface area contributed by atoms with Gasteiger partial charge >= 0.3 is 6.09 Å². The van der Waals surface area contributed by atoms with Gasteiger partial charge in [0, 0.05) is 38.4 Å². The number of hydrogen-bond acceptors (Lipinski definition) is 4. The highest BCUT2D eigenvalue weighted by Crippen LogP contribution is 2.17. The molecule has 0 bridgehead atoms. The van der Waals surface area contributed by atoms with Crippen LogP contribution in [0.3, 0.4) is 0 Å². The first kappa shape index (κ1) is 18.1. The van der Waals surface area contributed by atoms with Crippen LogP contribution in [-0.2, 0) is 4.74 Å². The summed E-state index contributed by atoms with van der Waals surface area (Å²) in [6.45, 7) is 6.62. The summed E-state index contributed by atoms with van der Waals surface area (Å²) in [5.74, 6) is -0.00575. The highest BCUT2D eigenvalue weighted by molar-refractivity contribution is 5.94. The molecule has 0 radical (unpaired) electrons. The fraction of sp³-hybridized carbons (Fsp3) is 0.556. The number of hydrogen-bond donors (Lipinski definition) is 1. The summed E-state index contributed by atoms with van der Waals surface area (Å²) in [6.07, 6.45) is 0.304. The van der Waals surface area contributed by atoms with E-state index in [4.69, 9.17) is 4.74 Å². The highest BCUT2D eigenvalue weighted by Gasteiger charge is 2.29. The molecule has 6 heteroatoms. The van der Waals surface area contributed by atoms with Gasteiger partial charge in [-0.05, 0) is 51.5 Å². The Morgan fingerprint density at radius 1 is 1.21 bits per heavy atom. The smallest absolute Gasteiger partial charge is 0.407 e. The van der Waals surface area contributed by atoms with Crippen molar-refractivity contribution < 1.29 is 14.3 Å². The van der Waals surface area contributed by atoms with Crippen molar-refractivity contribution in [3.63, 3.8) is 0 Å². The summed E-state index contributed by atoms with van der Waals surface area (Å²) in [6, 6.07) is 7.47. The normalized spacial score (nSPS) is 17.5. The molecule has 0 spiro atoms. The molecule has 0 unspecified atom stereocenters. The molecule has 1 fully saturated rings. The molecule has 0 aliphatic carbocycles. The average Bonchev–Trinajstić information content (AvgIpc) is 2.92. The monoisotopic (exact) mass is 333 g/mol. The minimum absolute atomic E-state index is 0.00575. The number of amides is 2. The van der Waals surface area contributed by atoms with Crippen molar-refractivity contribution in [1.82, 2.24) is 10.2 Å². The molecule has 24 heavy (non-hydrogen) atoms. The van der Waals surface area contributed by atoms with E-state index in [0.29, 0.717) is 18.7 Å². The van der Waals surface area contributed by atoms with Gasteiger partial charge in [0.1, 0.15) is 5.60 Å². The molecule has 1 saturated heterocycles. The van der Waals surface area contributed by atoms with Crippen molar-refractivity contribution in [2.24, 2.45) is 0 Å². The van der Waals surface area contributed by atoms with Gasteiger partial charge in [0.25, 0.3) is 5.91 Å². The minimum Gasteiger partial charge on any atom is -0.444 e. The van der Waals surface area contributed by atoms with Crippen LogP contribution in [0.1, 0.15) is 37.6 Å². The first-order chi connectivity index (χ1) is 11.2. The Morgan fingerprint density at radius 3 is 2.38 bits per heavy atom. The molecule has 6 nitrogen and oxygen atoms in total. The molecule has 0 aromatic heterocycles. The number of nitrogens with zero attached hydrogens (tertiary/aromatic N) is 2. The number of anilines is 1. The van der Waals surface area contributed by atoms with Crippen molar-refractivity contribution in [3.05, 3.63) is 29.8 Å². The fourth-order valence-corrected chi connectivity index (χ4v) is 2.62. The van der Waals surface area contributed by atoms with Gasteiger partial charge in [-0.2, -0.15) is 0 Å². The second-order valence-corrected chi connectivity index (χ2v) is 7.32. The Balaban J connectivity index is 1.90. The van der Waals surface area contributed by atoms with Crippen LogP contribution in [0.15, 0.2) is 24.3 Å². The van der Waals surface area contributed by atoms with Crippen molar-refractivity contribution in [2.45, 2.75) is 38.8 Å². The summed E-state index contributed by atoms with van der Waals surface area (Å²) >= 11 is 0. The zero-order valence-corrected chi connectivity index (χ0v) is 15.1. The largest absolute Gasteiger partial charge is 0.444 e. The van der Waals surface area contributed by atoms with E-state index >= 15 is 0 Å². The Morgan fingerprint density at radius 2 is 1.83 bits per heavy atom. The van der Waals surface area contributed by atoms with E-state index in [-0.39, 0.29) is 11.9 Å². The van der Waals surface area contributed by atoms with Crippen molar-refractivity contribution in [1.29, 1.82) is 0 Å². The summed E-state index contributed by atoms with van der Waals surface area (Å²) in [4.78, 5) is 28.1. The molecule has 2 rings (SSSR count). The van der Waals surface area contributed by atoms with Gasteiger partial charge in [-0.25, -0.2) is 4.79 Å². The minimum atomic E-state index is -0.521. The number of nitrogens with one attached hydrogen (secondary N) is 1. The number of ether oxygens (including phenoxy) is 1. The third-order valence-corrected chi connectivity index (χ3v) is 3.83. The Labute approximate surface area is 143 Å². The second kappa shape index (κ2) is 7.11. The standard InChI is InChI=1S/C18H27N3O3/c1-18(2,3)24-17(23)19-14-10-11-21(12-14)16(22)13-6-8-15(9-7-13)20(4)5/h6-9,14H,10-12H2,1-5H3,(H,19,23)/t14-/m0/s1. The van der Waals surface area contributed by atoms with Crippen LogP contribution in [0, 0.1) is 0 Å². The number of carbonyl (C=O) groups is 2. The molecular weight excluding hydrogens is 306 g/mol. The van der Waals surface area contributed by atoms with Gasteiger partial charge < -0.3 is 19.9 Å². The maximum Gasteiger partial charge on any atom is 0.407 e. The Hall–Kier alpha value is -2.24. The Kier molecular flexibility index (Phi) is 5.36. The Bertz CT molecular complexity index is 591. The maximum atomic E-state index is 12.6. The lowest BCUT2D eigenvalue weighted by atomic mass is 10.2. The molecule has 1 N–H and O–H groups in total. The van der Waals surface area contributed by atoms with E-state index < -0.39 is 11.7 Å². The zero-order valence-electron chi connectivity index (χ0n) is 15.1. The van der Waals surface area contributed by atoms with E-state index in [2.05, 4.69) is 5.32 Å². The zero-order chi connectivity index (χ0) is 17.9. The lowest BCUT2D eigenvalue weighted by Crippen LogP contribution is -2.41. The van der Waals surface area contributed by atoms with Crippen LogP contribution in [0.4, 0.5) is 10.5 Å². The number of likely N-dealkylation sites (tertiary alicyclic amines) is 1. The summed E-state index contributed by atoms with van der Waals surface area (Å²) in [5, 5.41) is 2.83. The third-order valence-electron chi connectivity index (χ3n) is 3.83. The van der Waals surface area contributed by atoms with E-state index in [1.807, 2.05) is 64.0 Å². The van der Waals surface area contributed by atoms with Gasteiger partial charge in [-0.15, -0.1) is 0 Å². The summed E-state index contributed by atoms with van der Waals surface area (Å²) in [7, 11) is 3.93. The van der Waals surface area contributed by atoms with Crippen LogP contribution >= 0.6 is 0 Å². The first-order valence-corrected chi connectivity index (χ1v) is 8.22. The van der Waals surface area contributed by atoms with Crippen LogP contribution in [0.25, 0.3) is 0 Å². The quantitative estimate of drug-likeness (QED) is 0.923. The lowest BCUT2D eigenvalue weighted by Gasteiger charge is -2.22. The highest BCUT2D eigenvalue weighted by atomic mass is 16.6. The van der Waals surface area contributed by atoms with Crippen LogP contribution in [0.5, 0.6) is 0 Å². The average molecular weight is 333 g/mol. The van der Waals surface area contributed by atoms with E-state index in [1.165, 1.54) is 0 Å². The number of carbonyl (C=O) groups excluding carboxylic acids is 2. The molecule has 1 heterocycles. The molecular formula is C18H27N3O3. The van der Waals surface area contributed by atoms with Gasteiger partial charge in [0.05, 0.1) is 6.04 Å². The molecule has 132 valence electrons. The lowest BCUT2D eigenvalue weighted by molar-refractivity contribution is 0.0502. The van der Waals surface area contributed by atoms with Crippen molar-refractivity contribution >= 4 is 17.7 Å². The topological polar surface area (TPSA) is 61.9 Å². The maximum absolute atomic E-state index is 12.6. The van der Waals surface area contributed by atoms with E-state index in [0.717, 1.165) is 12.1 Å². The predicted molar refractivity (Wildman–Crippen MR) is 94.4 cm³/mol. The molecule has 1 aliphatic rings. The summed E-state index contributed by atoms with van der Waals surface area (Å²) in [5.41, 5.74) is 1.20. The molecule has 1 atom stereocenters. The van der Waals surface area contributed by atoms with Gasteiger partial charge in [0.2, 0.25) is 0 Å². The SMILES string of the molecule is CN(C)c1ccc(C(=O)N2CC[C@H](NC(=O)OC(C)(C)C)C2)cc1. The van der Waals surface area contributed by atoms with E-state index in [9.17, 15) is 9.59 Å². The number of rotatable bonds is 3. The van der Waals surface area contributed by atoms with Gasteiger partial charge in [0.15, 0.2) is 0 Å². The number of alkyl carbamates (subject to hydrolysis) is 1. The number of benzene rings is 1. The van der Waals surface area contributed by atoms with Crippen molar-refractivity contribution in [3.8, 4) is 0 Å². The third kappa shape index (κ3) is 4.88. The summed E-state index contributed by atoms with van der Waals surface area (Å²) < 4.78 is 5.26. The predicted octanol–water partition coefficient (Wildman–Crippen LogP) is 2.49. The molecule has 1 aromatic rings. The molecule has 1 aromatic carbocycles. The molecule has 0 saturated carbocycles. The van der Waals surface area contributed by atoms with Crippen LogP contribution in [0.2, 0.25) is 0 Å². The van der Waals surface area contributed by atoms with Crippen LogP contribution < -0.4 is 10.2 Å². The van der Waals surface area contributed by atoms with E-state index in [1.54, 1.807) is 4.90 Å². The first-order valence-electron chi connectivity index (χ1n) is 8.22. The second-order valence-electron chi connectivity index (χ2n) is 7.32. The fourth-order valence-electron chi connectivity index (χ4n) is 2.62. The molecule has 1 aliphatic heterocycles.